The number of esters is 2. The third-order valence-electron chi connectivity index (χ3n) is 4.16. The van der Waals surface area contributed by atoms with Gasteiger partial charge in [0.2, 0.25) is 0 Å². The number of pyridine rings is 2. The van der Waals surface area contributed by atoms with Crippen molar-refractivity contribution in [1.29, 1.82) is 0 Å². The number of carbonyl (C=O) groups excluding carboxylic acids is 2. The SMILES string of the molecule is CSc1cc(=O)n2c3cc(OC(C)=O)ccc3c3c(OC(C)=O)cnc1c32. The number of fused-ring (bicyclic) bond motifs is 3. The monoisotopic (exact) mass is 382 g/mol. The van der Waals surface area contributed by atoms with Gasteiger partial charge in [-0.15, -0.1) is 11.8 Å². The Morgan fingerprint density at radius 1 is 1.11 bits per heavy atom. The van der Waals surface area contributed by atoms with Crippen LogP contribution in [0.4, 0.5) is 0 Å². The molecule has 8 heteroatoms. The minimum absolute atomic E-state index is 0.242. The Balaban J connectivity index is 2.21. The molecular weight excluding hydrogens is 368 g/mol. The molecule has 0 bridgehead atoms. The van der Waals surface area contributed by atoms with Gasteiger partial charge < -0.3 is 9.47 Å². The maximum absolute atomic E-state index is 12.8. The largest absolute Gasteiger partial charge is 0.427 e. The van der Waals surface area contributed by atoms with Crippen molar-refractivity contribution in [3.8, 4) is 11.5 Å². The Hall–Kier alpha value is -3.13. The first kappa shape index (κ1) is 17.3. The lowest BCUT2D eigenvalue weighted by atomic mass is 10.1. The summed E-state index contributed by atoms with van der Waals surface area (Å²) in [4.78, 5) is 40.8. The first-order valence-electron chi connectivity index (χ1n) is 8.05. The van der Waals surface area contributed by atoms with Gasteiger partial charge in [-0.25, -0.2) is 4.98 Å². The van der Waals surface area contributed by atoms with Crippen molar-refractivity contribution in [2.45, 2.75) is 18.7 Å². The molecule has 4 rings (SSSR count). The summed E-state index contributed by atoms with van der Waals surface area (Å²) < 4.78 is 12.0. The zero-order valence-electron chi connectivity index (χ0n) is 14.7. The second kappa shape index (κ2) is 6.24. The van der Waals surface area contributed by atoms with Crippen molar-refractivity contribution < 1.29 is 19.1 Å². The van der Waals surface area contributed by atoms with Crippen molar-refractivity contribution in [2.75, 3.05) is 6.26 Å². The van der Waals surface area contributed by atoms with Crippen LogP contribution in [-0.2, 0) is 9.59 Å². The zero-order chi connectivity index (χ0) is 19.3. The lowest BCUT2D eigenvalue weighted by Crippen LogP contribution is -2.12. The number of thioether (sulfide) groups is 1. The molecule has 0 saturated carbocycles. The quantitative estimate of drug-likeness (QED) is 0.306. The van der Waals surface area contributed by atoms with Crippen LogP contribution in [-0.4, -0.2) is 27.6 Å². The molecule has 3 aromatic heterocycles. The van der Waals surface area contributed by atoms with Crippen LogP contribution in [0.25, 0.3) is 27.3 Å². The van der Waals surface area contributed by atoms with E-state index in [2.05, 4.69) is 4.98 Å². The Morgan fingerprint density at radius 3 is 2.52 bits per heavy atom. The summed E-state index contributed by atoms with van der Waals surface area (Å²) in [6.07, 6.45) is 3.35. The van der Waals surface area contributed by atoms with Gasteiger partial charge in [0.15, 0.2) is 5.75 Å². The summed E-state index contributed by atoms with van der Waals surface area (Å²) >= 11 is 1.41. The Kier molecular flexibility index (Phi) is 4.00. The van der Waals surface area contributed by atoms with Crippen molar-refractivity contribution in [3.05, 3.63) is 40.8 Å². The Labute approximate surface area is 157 Å². The van der Waals surface area contributed by atoms with Crippen LogP contribution >= 0.6 is 11.8 Å². The molecule has 0 N–H and O–H groups in total. The first-order chi connectivity index (χ1) is 12.9. The maximum Gasteiger partial charge on any atom is 0.308 e. The number of nitrogens with zero attached hydrogens (tertiary/aromatic N) is 2. The molecular formula is C19H14N2O5S. The van der Waals surface area contributed by atoms with Gasteiger partial charge >= 0.3 is 11.9 Å². The van der Waals surface area contributed by atoms with Gasteiger partial charge in [0, 0.05) is 36.3 Å². The summed E-state index contributed by atoms with van der Waals surface area (Å²) in [5, 5.41) is 1.32. The van der Waals surface area contributed by atoms with Crippen molar-refractivity contribution >= 4 is 51.0 Å². The summed E-state index contributed by atoms with van der Waals surface area (Å²) in [5.74, 6) is -0.333. The van der Waals surface area contributed by atoms with Gasteiger partial charge in [-0.2, -0.15) is 0 Å². The fraction of sp³-hybridized carbons (Fsp3) is 0.158. The molecule has 0 atom stereocenters. The third kappa shape index (κ3) is 2.69. The number of rotatable bonds is 3. The first-order valence-corrected chi connectivity index (χ1v) is 9.27. The molecule has 0 radical (unpaired) electrons. The normalized spacial score (nSPS) is 11.4. The van der Waals surface area contributed by atoms with Gasteiger partial charge in [0.1, 0.15) is 11.3 Å². The van der Waals surface area contributed by atoms with Gasteiger partial charge in [0.05, 0.1) is 22.6 Å². The molecule has 1 aromatic carbocycles. The van der Waals surface area contributed by atoms with Crippen molar-refractivity contribution in [1.82, 2.24) is 9.38 Å². The minimum atomic E-state index is -0.479. The molecule has 4 aromatic rings. The number of carbonyl (C=O) groups is 2. The Bertz CT molecular complexity index is 1290. The number of hydrogen-bond donors (Lipinski definition) is 0. The van der Waals surface area contributed by atoms with Crippen LogP contribution in [0.2, 0.25) is 0 Å². The van der Waals surface area contributed by atoms with E-state index >= 15 is 0 Å². The third-order valence-corrected chi connectivity index (χ3v) is 4.92. The van der Waals surface area contributed by atoms with Gasteiger partial charge in [-0.1, -0.05) is 0 Å². The van der Waals surface area contributed by atoms with E-state index in [-0.39, 0.29) is 11.3 Å². The second-order valence-electron chi connectivity index (χ2n) is 5.95. The standard InChI is InChI=1S/C19H14N2O5S/c1-9(22)25-11-4-5-12-13(6-11)21-16(24)7-15(27-3)18-19(21)17(12)14(8-20-18)26-10(2)23/h4-8H,1-3H3. The van der Waals surface area contributed by atoms with E-state index < -0.39 is 11.9 Å². The second-order valence-corrected chi connectivity index (χ2v) is 6.80. The zero-order valence-corrected chi connectivity index (χ0v) is 15.5. The summed E-state index contributed by atoms with van der Waals surface area (Å²) in [5.41, 5.74) is 1.51. The maximum atomic E-state index is 12.8. The molecule has 27 heavy (non-hydrogen) atoms. The minimum Gasteiger partial charge on any atom is -0.427 e. The van der Waals surface area contributed by atoms with Gasteiger partial charge in [-0.05, 0) is 18.4 Å². The predicted octanol–water partition coefficient (Wildman–Crippen LogP) is 3.01. The molecule has 0 unspecified atom stereocenters. The van der Waals surface area contributed by atoms with E-state index in [9.17, 15) is 14.4 Å². The molecule has 0 amide bonds. The van der Waals surface area contributed by atoms with Crippen LogP contribution in [0, 0.1) is 0 Å². The summed E-state index contributed by atoms with van der Waals surface area (Å²) in [7, 11) is 0. The van der Waals surface area contributed by atoms with Crippen molar-refractivity contribution in [2.24, 2.45) is 0 Å². The molecule has 0 aliphatic heterocycles. The predicted molar refractivity (Wildman–Crippen MR) is 102 cm³/mol. The highest BCUT2D eigenvalue weighted by Gasteiger charge is 2.21. The number of aromatic nitrogens is 2. The molecule has 7 nitrogen and oxygen atoms in total. The molecule has 136 valence electrons. The molecule has 0 saturated heterocycles. The molecule has 0 aliphatic carbocycles. The summed E-state index contributed by atoms with van der Waals surface area (Å²) in [6, 6.07) is 6.51. The fourth-order valence-electron chi connectivity index (χ4n) is 3.26. The van der Waals surface area contributed by atoms with E-state index in [0.29, 0.717) is 33.1 Å². The summed E-state index contributed by atoms with van der Waals surface area (Å²) in [6.45, 7) is 2.62. The highest BCUT2D eigenvalue weighted by molar-refractivity contribution is 7.98. The number of hydrogen-bond acceptors (Lipinski definition) is 7. The van der Waals surface area contributed by atoms with E-state index in [0.717, 1.165) is 4.90 Å². The molecule has 0 fully saturated rings. The lowest BCUT2D eigenvalue weighted by molar-refractivity contribution is -0.132. The van der Waals surface area contributed by atoms with Gasteiger partial charge in [-0.3, -0.25) is 18.8 Å². The van der Waals surface area contributed by atoms with Crippen LogP contribution < -0.4 is 15.0 Å². The van der Waals surface area contributed by atoms with Gasteiger partial charge in [0.25, 0.3) is 5.56 Å². The average molecular weight is 382 g/mol. The fourth-order valence-corrected chi connectivity index (χ4v) is 3.82. The van der Waals surface area contributed by atoms with E-state index in [1.807, 2.05) is 6.26 Å². The van der Waals surface area contributed by atoms with E-state index in [1.54, 1.807) is 18.2 Å². The Morgan fingerprint density at radius 2 is 1.85 bits per heavy atom. The topological polar surface area (TPSA) is 87.0 Å². The highest BCUT2D eigenvalue weighted by Crippen LogP contribution is 2.39. The van der Waals surface area contributed by atoms with Crippen LogP contribution in [0.5, 0.6) is 11.5 Å². The van der Waals surface area contributed by atoms with Crippen LogP contribution in [0.15, 0.2) is 40.2 Å². The van der Waals surface area contributed by atoms with E-state index in [1.165, 1.54) is 42.3 Å². The van der Waals surface area contributed by atoms with Crippen molar-refractivity contribution in [3.63, 3.8) is 0 Å². The number of benzene rings is 1. The smallest absolute Gasteiger partial charge is 0.308 e. The highest BCUT2D eigenvalue weighted by atomic mass is 32.2. The van der Waals surface area contributed by atoms with Crippen LogP contribution in [0.3, 0.4) is 0 Å². The lowest BCUT2D eigenvalue weighted by Gasteiger charge is -2.07. The van der Waals surface area contributed by atoms with E-state index in [4.69, 9.17) is 9.47 Å². The average Bonchev–Trinajstić information content (AvgIpc) is 2.94. The molecule has 3 heterocycles. The molecule has 0 aliphatic rings. The van der Waals surface area contributed by atoms with Crippen LogP contribution in [0.1, 0.15) is 13.8 Å². The molecule has 0 spiro atoms. The number of ether oxygens (including phenoxy) is 2.